The minimum atomic E-state index is -0.562. The third-order valence-electron chi connectivity index (χ3n) is 7.66. The Kier molecular flexibility index (Phi) is 7.01. The van der Waals surface area contributed by atoms with Gasteiger partial charge in [0.1, 0.15) is 23.6 Å². The van der Waals surface area contributed by atoms with Gasteiger partial charge in [0.15, 0.2) is 0 Å². The smallest absolute Gasteiger partial charge is 0.129 e. The van der Waals surface area contributed by atoms with E-state index in [4.69, 9.17) is 16.3 Å². The van der Waals surface area contributed by atoms with E-state index in [9.17, 15) is 5.11 Å². The first-order valence-electron chi connectivity index (χ1n) is 13.1. The van der Waals surface area contributed by atoms with E-state index in [2.05, 4.69) is 57.2 Å². The number of nitrogens with zero attached hydrogens (tertiary/aromatic N) is 3. The summed E-state index contributed by atoms with van der Waals surface area (Å²) in [4.78, 5) is 9.21. The number of aliphatic hydroxyl groups excluding tert-OH is 1. The Morgan fingerprint density at radius 3 is 2.49 bits per heavy atom. The van der Waals surface area contributed by atoms with Crippen LogP contribution in [0.5, 0.6) is 5.75 Å². The Bertz CT molecular complexity index is 1400. The van der Waals surface area contributed by atoms with Crippen molar-refractivity contribution in [1.29, 1.82) is 0 Å². The number of hydrogen-bond acceptors (Lipinski definition) is 5. The highest BCUT2D eigenvalue weighted by Gasteiger charge is 2.23. The number of aryl methyl sites for hydroxylation is 1. The minimum absolute atomic E-state index is 0.245. The molecule has 0 saturated carbocycles. The number of fused-ring (bicyclic) bond motifs is 3. The van der Waals surface area contributed by atoms with Gasteiger partial charge in [-0.25, -0.2) is 4.98 Å². The molecule has 1 aromatic heterocycles. The molecule has 5 nitrogen and oxygen atoms in total. The number of halogens is 1. The van der Waals surface area contributed by atoms with Crippen LogP contribution in [0.25, 0.3) is 10.9 Å². The van der Waals surface area contributed by atoms with Gasteiger partial charge >= 0.3 is 0 Å². The number of piperazine rings is 1. The molecule has 1 aliphatic heterocycles. The highest BCUT2D eigenvalue weighted by Crippen LogP contribution is 2.32. The molecule has 0 radical (unpaired) electrons. The number of ether oxygens (including phenoxy) is 1. The van der Waals surface area contributed by atoms with Gasteiger partial charge in [0.2, 0.25) is 0 Å². The zero-order valence-corrected chi connectivity index (χ0v) is 21.7. The lowest BCUT2D eigenvalue weighted by Gasteiger charge is -2.38. The molecule has 4 aromatic rings. The number of pyridine rings is 1. The molecule has 0 spiro atoms. The van der Waals surface area contributed by atoms with E-state index in [0.29, 0.717) is 11.7 Å². The molecule has 1 unspecified atom stereocenters. The van der Waals surface area contributed by atoms with Gasteiger partial charge in [0, 0.05) is 43.8 Å². The second-order valence-electron chi connectivity index (χ2n) is 10.1. The highest BCUT2D eigenvalue weighted by molar-refractivity contribution is 6.29. The molecule has 1 saturated heterocycles. The summed E-state index contributed by atoms with van der Waals surface area (Å²) >= 11 is 6.02. The molecular formula is C31H32ClN3O2. The minimum Gasteiger partial charge on any atom is -0.490 e. The monoisotopic (exact) mass is 513 g/mol. The summed E-state index contributed by atoms with van der Waals surface area (Å²) in [7, 11) is 0. The normalized spacial score (nSPS) is 16.6. The van der Waals surface area contributed by atoms with E-state index >= 15 is 0 Å². The number of aliphatic hydroxyl groups is 1. The quantitative estimate of drug-likeness (QED) is 0.362. The molecule has 1 fully saturated rings. The largest absolute Gasteiger partial charge is 0.490 e. The van der Waals surface area contributed by atoms with E-state index in [1.807, 2.05) is 24.3 Å². The van der Waals surface area contributed by atoms with Gasteiger partial charge < -0.3 is 14.7 Å². The number of hydrogen-bond donors (Lipinski definition) is 1. The molecule has 1 aliphatic carbocycles. The highest BCUT2D eigenvalue weighted by atomic mass is 35.5. The number of aromatic nitrogens is 1. The molecule has 37 heavy (non-hydrogen) atoms. The number of rotatable bonds is 6. The van der Waals surface area contributed by atoms with Crippen molar-refractivity contribution in [2.75, 3.05) is 44.2 Å². The molecule has 1 atom stereocenters. The Balaban J connectivity index is 1.05. The van der Waals surface area contributed by atoms with E-state index in [0.717, 1.165) is 62.1 Å². The fourth-order valence-electron chi connectivity index (χ4n) is 5.75. The lowest BCUT2D eigenvalue weighted by Crippen LogP contribution is -2.49. The number of β-amino-alcohol motifs (C(OH)–C–C–N with tert-alkyl or cyclic N) is 1. The van der Waals surface area contributed by atoms with Crippen molar-refractivity contribution in [3.05, 3.63) is 100 Å². The lowest BCUT2D eigenvalue weighted by molar-refractivity contribution is 0.0668. The summed E-state index contributed by atoms with van der Waals surface area (Å²) in [6.07, 6.45) is 2.65. The first-order chi connectivity index (χ1) is 18.1. The molecule has 190 valence electrons. The van der Waals surface area contributed by atoms with Crippen LogP contribution in [-0.4, -0.2) is 60.4 Å². The van der Waals surface area contributed by atoms with Crippen molar-refractivity contribution in [2.45, 2.75) is 25.4 Å². The number of benzene rings is 3. The second-order valence-corrected chi connectivity index (χ2v) is 10.5. The third-order valence-corrected chi connectivity index (χ3v) is 7.87. The van der Waals surface area contributed by atoms with Gasteiger partial charge in [0.05, 0.1) is 5.52 Å². The summed E-state index contributed by atoms with van der Waals surface area (Å²) in [5.74, 6) is 0.720. The summed E-state index contributed by atoms with van der Waals surface area (Å²) in [5, 5.41) is 12.1. The van der Waals surface area contributed by atoms with Gasteiger partial charge in [-0.3, -0.25) is 4.90 Å². The van der Waals surface area contributed by atoms with E-state index in [-0.39, 0.29) is 6.61 Å². The number of anilines is 1. The van der Waals surface area contributed by atoms with Crippen LogP contribution in [0.1, 0.15) is 22.3 Å². The first kappa shape index (κ1) is 24.2. The predicted octanol–water partition coefficient (Wildman–Crippen LogP) is 5.14. The van der Waals surface area contributed by atoms with Gasteiger partial charge in [-0.1, -0.05) is 54.1 Å². The standard InChI is InChI=1S/C31H32ClN3O2/c32-31-14-13-27-28(33-31)8-4-10-30(27)37-21-25(36)20-34-15-17-35(18-16-34)29-9-3-7-24-19-23-6-2-1-5-22(23)11-12-26(24)29/h1-10,13-14,25,36H,11-12,15-21H2. The summed E-state index contributed by atoms with van der Waals surface area (Å²) < 4.78 is 5.98. The maximum atomic E-state index is 10.7. The Hall–Kier alpha value is -3.12. The zero-order valence-electron chi connectivity index (χ0n) is 20.9. The molecular weight excluding hydrogens is 482 g/mol. The van der Waals surface area contributed by atoms with Crippen LogP contribution < -0.4 is 9.64 Å². The topological polar surface area (TPSA) is 48.8 Å². The Labute approximate surface area is 223 Å². The first-order valence-corrected chi connectivity index (χ1v) is 13.5. The average molecular weight is 514 g/mol. The molecule has 3 aromatic carbocycles. The Morgan fingerprint density at radius 2 is 1.62 bits per heavy atom. The van der Waals surface area contributed by atoms with Crippen LogP contribution in [-0.2, 0) is 19.3 Å². The van der Waals surface area contributed by atoms with E-state index in [1.54, 1.807) is 6.07 Å². The van der Waals surface area contributed by atoms with E-state index < -0.39 is 6.10 Å². The molecule has 6 rings (SSSR count). The van der Waals surface area contributed by atoms with Crippen molar-refractivity contribution >= 4 is 28.2 Å². The van der Waals surface area contributed by atoms with Crippen molar-refractivity contribution in [3.63, 3.8) is 0 Å². The average Bonchev–Trinajstić information content (AvgIpc) is 3.11. The summed E-state index contributed by atoms with van der Waals surface area (Å²) in [6, 6.07) is 25.1. The van der Waals surface area contributed by atoms with Crippen LogP contribution in [0.15, 0.2) is 72.8 Å². The molecule has 0 bridgehead atoms. The molecule has 2 heterocycles. The van der Waals surface area contributed by atoms with Crippen molar-refractivity contribution < 1.29 is 9.84 Å². The zero-order chi connectivity index (χ0) is 25.2. The maximum Gasteiger partial charge on any atom is 0.129 e. The van der Waals surface area contributed by atoms with Crippen LogP contribution in [0.2, 0.25) is 5.15 Å². The second kappa shape index (κ2) is 10.7. The molecule has 1 N–H and O–H groups in total. The van der Waals surface area contributed by atoms with Crippen LogP contribution in [0.3, 0.4) is 0 Å². The predicted molar refractivity (Wildman–Crippen MR) is 150 cm³/mol. The van der Waals surface area contributed by atoms with Crippen molar-refractivity contribution in [2.24, 2.45) is 0 Å². The van der Waals surface area contributed by atoms with Crippen LogP contribution in [0.4, 0.5) is 5.69 Å². The summed E-state index contributed by atoms with van der Waals surface area (Å²) in [6.45, 7) is 4.63. The van der Waals surface area contributed by atoms with Crippen LogP contribution in [0, 0.1) is 0 Å². The molecule has 6 heteroatoms. The van der Waals surface area contributed by atoms with Crippen molar-refractivity contribution in [3.8, 4) is 5.75 Å². The Morgan fingerprint density at radius 1 is 0.838 bits per heavy atom. The fourth-order valence-corrected chi connectivity index (χ4v) is 5.90. The van der Waals surface area contributed by atoms with Gasteiger partial charge in [-0.15, -0.1) is 0 Å². The summed E-state index contributed by atoms with van der Waals surface area (Å²) in [5.41, 5.74) is 8.09. The van der Waals surface area contributed by atoms with Crippen LogP contribution >= 0.6 is 11.6 Å². The van der Waals surface area contributed by atoms with Gasteiger partial charge in [-0.2, -0.15) is 0 Å². The van der Waals surface area contributed by atoms with Gasteiger partial charge in [0.25, 0.3) is 0 Å². The molecule has 2 aliphatic rings. The lowest BCUT2D eigenvalue weighted by atomic mass is 9.98. The van der Waals surface area contributed by atoms with E-state index in [1.165, 1.54) is 27.9 Å². The third kappa shape index (κ3) is 5.30. The molecule has 0 amide bonds. The maximum absolute atomic E-state index is 10.7. The SMILES string of the molecule is OC(COc1cccc2nc(Cl)ccc12)CN1CCN(c2cccc3c2CCc2ccccc2C3)CC1. The van der Waals surface area contributed by atoms with Crippen molar-refractivity contribution in [1.82, 2.24) is 9.88 Å². The fraction of sp³-hybridized carbons (Fsp3) is 0.323. The van der Waals surface area contributed by atoms with Gasteiger partial charge in [-0.05, 0) is 71.8 Å².